The Hall–Kier alpha value is -2.65. The Labute approximate surface area is 129 Å². The van der Waals surface area contributed by atoms with Crippen molar-refractivity contribution in [2.45, 2.75) is 17.9 Å². The lowest BCUT2D eigenvalue weighted by molar-refractivity contribution is 0.595. The minimum atomic E-state index is -3.53. The Balaban J connectivity index is 2.01. The van der Waals surface area contributed by atoms with Crippen LogP contribution >= 0.6 is 0 Å². The van der Waals surface area contributed by atoms with Crippen molar-refractivity contribution in [2.75, 3.05) is 0 Å². The molecule has 5 nitrogen and oxygen atoms in total. The van der Waals surface area contributed by atoms with Gasteiger partial charge in [0, 0.05) is 5.56 Å². The van der Waals surface area contributed by atoms with Gasteiger partial charge >= 0.3 is 0 Å². The minimum Gasteiger partial charge on any atom is -0.263 e. The van der Waals surface area contributed by atoms with Gasteiger partial charge in [-0.1, -0.05) is 24.3 Å². The molecule has 2 aromatic carbocycles. The third-order valence-corrected chi connectivity index (χ3v) is 4.88. The van der Waals surface area contributed by atoms with Gasteiger partial charge in [0.25, 0.3) is 10.0 Å². The maximum absolute atomic E-state index is 12.0. The first kappa shape index (κ1) is 14.3. The van der Waals surface area contributed by atoms with Gasteiger partial charge in [0.1, 0.15) is 5.84 Å². The van der Waals surface area contributed by atoms with E-state index in [0.29, 0.717) is 17.0 Å². The minimum absolute atomic E-state index is 0.242. The van der Waals surface area contributed by atoms with Gasteiger partial charge in [0.15, 0.2) is 0 Å². The first-order chi connectivity index (χ1) is 10.5. The highest BCUT2D eigenvalue weighted by atomic mass is 32.2. The molecule has 0 saturated carbocycles. The second-order valence-electron chi connectivity index (χ2n) is 4.99. The van der Waals surface area contributed by atoms with Crippen molar-refractivity contribution in [1.29, 1.82) is 5.26 Å². The molecule has 0 bridgehead atoms. The molecule has 0 saturated heterocycles. The largest absolute Gasteiger partial charge is 0.263 e. The van der Waals surface area contributed by atoms with Crippen molar-refractivity contribution >= 4 is 15.9 Å². The summed E-state index contributed by atoms with van der Waals surface area (Å²) in [6, 6.07) is 15.7. The van der Waals surface area contributed by atoms with E-state index in [0.717, 1.165) is 5.56 Å². The predicted molar refractivity (Wildman–Crippen MR) is 82.9 cm³/mol. The van der Waals surface area contributed by atoms with Crippen molar-refractivity contribution in [2.24, 2.45) is 4.99 Å². The van der Waals surface area contributed by atoms with Crippen LogP contribution in [-0.2, 0) is 10.0 Å². The van der Waals surface area contributed by atoms with Crippen molar-refractivity contribution < 1.29 is 8.42 Å². The van der Waals surface area contributed by atoms with E-state index in [1.807, 2.05) is 13.0 Å². The summed E-state index contributed by atoms with van der Waals surface area (Å²) in [5.74, 6) is 0.338. The molecule has 1 aliphatic rings. The molecule has 1 heterocycles. The van der Waals surface area contributed by atoms with E-state index in [1.54, 1.807) is 42.5 Å². The molecule has 3 rings (SSSR count). The number of rotatable bonds is 2. The van der Waals surface area contributed by atoms with Gasteiger partial charge in [-0.25, -0.2) is 8.42 Å². The normalized spacial score (nSPS) is 18.3. The number of nitrogens with zero attached hydrogens (tertiary/aromatic N) is 2. The van der Waals surface area contributed by atoms with Crippen LogP contribution in [0.15, 0.2) is 58.4 Å². The maximum atomic E-state index is 12.0. The Kier molecular flexibility index (Phi) is 3.43. The van der Waals surface area contributed by atoms with Crippen LogP contribution in [0.1, 0.15) is 29.7 Å². The van der Waals surface area contributed by atoms with E-state index >= 15 is 0 Å². The summed E-state index contributed by atoms with van der Waals surface area (Å²) in [7, 11) is -3.53. The summed E-state index contributed by atoms with van der Waals surface area (Å²) in [5.41, 5.74) is 1.98. The molecule has 0 fully saturated rings. The number of amidine groups is 1. The zero-order valence-corrected chi connectivity index (χ0v) is 12.6. The van der Waals surface area contributed by atoms with Crippen LogP contribution in [0.3, 0.4) is 0 Å². The molecular formula is C16H13N3O2S. The number of benzene rings is 2. The van der Waals surface area contributed by atoms with E-state index in [2.05, 4.69) is 15.8 Å². The van der Waals surface area contributed by atoms with Crippen LogP contribution in [0.5, 0.6) is 0 Å². The summed E-state index contributed by atoms with van der Waals surface area (Å²) in [4.78, 5) is 4.72. The molecule has 1 aliphatic heterocycles. The molecule has 0 amide bonds. The highest BCUT2D eigenvalue weighted by Gasteiger charge is 2.30. The molecule has 2 aromatic rings. The molecule has 0 aromatic heterocycles. The SMILES string of the molecule is CC(N=C1NS(=O)(=O)c2ccccc21)c1cccc(C#N)c1. The lowest BCUT2D eigenvalue weighted by Crippen LogP contribution is -2.22. The zero-order valence-electron chi connectivity index (χ0n) is 11.8. The van der Waals surface area contributed by atoms with Crippen molar-refractivity contribution in [1.82, 2.24) is 4.72 Å². The first-order valence-corrected chi connectivity index (χ1v) is 8.19. The number of hydrogen-bond donors (Lipinski definition) is 1. The molecule has 1 unspecified atom stereocenters. The number of nitrogens with one attached hydrogen (secondary N) is 1. The smallest absolute Gasteiger partial charge is 0.263 e. The van der Waals surface area contributed by atoms with E-state index in [-0.39, 0.29) is 10.9 Å². The van der Waals surface area contributed by atoms with Gasteiger partial charge < -0.3 is 0 Å². The molecule has 0 spiro atoms. The van der Waals surface area contributed by atoms with Gasteiger partial charge in [-0.15, -0.1) is 0 Å². The maximum Gasteiger partial charge on any atom is 0.263 e. The number of sulfonamides is 1. The third-order valence-electron chi connectivity index (χ3n) is 3.48. The Morgan fingerprint density at radius 2 is 1.95 bits per heavy atom. The van der Waals surface area contributed by atoms with E-state index in [1.165, 1.54) is 0 Å². The summed E-state index contributed by atoms with van der Waals surface area (Å²) in [5, 5.41) is 8.95. The van der Waals surface area contributed by atoms with Crippen LogP contribution in [-0.4, -0.2) is 14.3 Å². The van der Waals surface area contributed by atoms with Gasteiger partial charge in [0.05, 0.1) is 22.6 Å². The Morgan fingerprint density at radius 3 is 2.73 bits per heavy atom. The van der Waals surface area contributed by atoms with Crippen molar-refractivity contribution in [3.05, 3.63) is 65.2 Å². The molecule has 22 heavy (non-hydrogen) atoms. The van der Waals surface area contributed by atoms with E-state index in [9.17, 15) is 8.42 Å². The summed E-state index contributed by atoms with van der Waals surface area (Å²) in [6.45, 7) is 1.86. The lowest BCUT2D eigenvalue weighted by Gasteiger charge is -2.09. The molecular weight excluding hydrogens is 298 g/mol. The second-order valence-corrected chi connectivity index (χ2v) is 6.64. The topological polar surface area (TPSA) is 82.3 Å². The lowest BCUT2D eigenvalue weighted by atomic mass is 10.1. The van der Waals surface area contributed by atoms with Crippen LogP contribution in [0, 0.1) is 11.3 Å². The molecule has 0 aliphatic carbocycles. The monoisotopic (exact) mass is 311 g/mol. The molecule has 6 heteroatoms. The van der Waals surface area contributed by atoms with Crippen LogP contribution < -0.4 is 4.72 Å². The zero-order chi connectivity index (χ0) is 15.7. The second kappa shape index (κ2) is 5.28. The number of aliphatic imine (C=N–C) groups is 1. The highest BCUT2D eigenvalue weighted by Crippen LogP contribution is 2.25. The van der Waals surface area contributed by atoms with Gasteiger partial charge in [-0.3, -0.25) is 9.71 Å². The first-order valence-electron chi connectivity index (χ1n) is 6.71. The van der Waals surface area contributed by atoms with Crippen LogP contribution in [0.2, 0.25) is 0 Å². The average molecular weight is 311 g/mol. The number of fused-ring (bicyclic) bond motifs is 1. The van der Waals surface area contributed by atoms with Crippen LogP contribution in [0.4, 0.5) is 0 Å². The van der Waals surface area contributed by atoms with Gasteiger partial charge in [0.2, 0.25) is 0 Å². The Morgan fingerprint density at radius 1 is 1.18 bits per heavy atom. The summed E-state index contributed by atoms with van der Waals surface area (Å²) < 4.78 is 26.6. The van der Waals surface area contributed by atoms with Crippen LogP contribution in [0.25, 0.3) is 0 Å². The molecule has 1 N–H and O–H groups in total. The Bertz CT molecular complexity index is 911. The van der Waals surface area contributed by atoms with Crippen molar-refractivity contribution in [3.8, 4) is 6.07 Å². The fraction of sp³-hybridized carbons (Fsp3) is 0.125. The predicted octanol–water partition coefficient (Wildman–Crippen LogP) is 2.36. The number of nitriles is 1. The van der Waals surface area contributed by atoms with E-state index in [4.69, 9.17) is 5.26 Å². The number of hydrogen-bond acceptors (Lipinski definition) is 4. The van der Waals surface area contributed by atoms with Gasteiger partial charge in [-0.2, -0.15) is 5.26 Å². The quantitative estimate of drug-likeness (QED) is 0.924. The van der Waals surface area contributed by atoms with Crippen molar-refractivity contribution in [3.63, 3.8) is 0 Å². The highest BCUT2D eigenvalue weighted by molar-refractivity contribution is 7.90. The average Bonchev–Trinajstić information content (AvgIpc) is 2.79. The summed E-state index contributed by atoms with van der Waals surface area (Å²) in [6.07, 6.45) is 0. The molecule has 110 valence electrons. The molecule has 1 atom stereocenters. The third kappa shape index (κ3) is 2.47. The van der Waals surface area contributed by atoms with E-state index < -0.39 is 10.0 Å². The fourth-order valence-electron chi connectivity index (χ4n) is 2.37. The standard InChI is InChI=1S/C16H13N3O2S/c1-11(13-6-4-5-12(9-13)10-17)18-16-14-7-2-3-8-15(14)22(20,21)19-16/h2-9,11H,1H3,(H,18,19). The molecule has 0 radical (unpaired) electrons. The summed E-state index contributed by atoms with van der Waals surface area (Å²) >= 11 is 0. The van der Waals surface area contributed by atoms with Gasteiger partial charge in [-0.05, 0) is 36.8 Å². The fourth-order valence-corrected chi connectivity index (χ4v) is 3.61.